The highest BCUT2D eigenvalue weighted by atomic mass is 79.9. The summed E-state index contributed by atoms with van der Waals surface area (Å²) >= 11 is 6.44. The van der Waals surface area contributed by atoms with E-state index in [4.69, 9.17) is 9.47 Å². The van der Waals surface area contributed by atoms with Crippen molar-refractivity contribution in [2.24, 2.45) is 0 Å². The van der Waals surface area contributed by atoms with Gasteiger partial charge >= 0.3 is 36.9 Å². The highest BCUT2D eigenvalue weighted by Crippen LogP contribution is 2.40. The first-order chi connectivity index (χ1) is 33.7. The number of amides is 2. The Balaban J connectivity index is 0.000000271. The summed E-state index contributed by atoms with van der Waals surface area (Å²) < 4.78 is 173. The Hall–Kier alpha value is -5.14. The highest BCUT2D eigenvalue weighted by Gasteiger charge is 2.43. The molecule has 4 heterocycles. The fourth-order valence-electron chi connectivity index (χ4n) is 8.30. The Morgan fingerprint density at radius 1 is 0.589 bits per heavy atom. The van der Waals surface area contributed by atoms with Crippen LogP contribution in [0.5, 0.6) is 0 Å². The lowest BCUT2D eigenvalue weighted by Gasteiger charge is -2.30. The second kappa shape index (κ2) is 23.2. The predicted molar refractivity (Wildman–Crippen MR) is 251 cm³/mol. The second-order valence-corrected chi connectivity index (χ2v) is 20.4. The van der Waals surface area contributed by atoms with Crippen LogP contribution in [0, 0.1) is 0 Å². The van der Waals surface area contributed by atoms with Gasteiger partial charge in [0.05, 0.1) is 49.4 Å². The molecule has 2 aromatic carbocycles. The largest absolute Gasteiger partial charge is 0.447 e. The topological polar surface area (TPSA) is 117 Å². The molecule has 73 heavy (non-hydrogen) atoms. The van der Waals surface area contributed by atoms with Crippen molar-refractivity contribution in [2.45, 2.75) is 148 Å². The Kier molecular flexibility index (Phi) is 18.7. The van der Waals surface area contributed by atoms with Crippen LogP contribution in [0.4, 0.5) is 74.2 Å². The van der Waals surface area contributed by atoms with Crippen molar-refractivity contribution in [2.75, 3.05) is 22.9 Å². The lowest BCUT2D eigenvalue weighted by molar-refractivity contribution is -0.144. The van der Waals surface area contributed by atoms with Gasteiger partial charge in [0, 0.05) is 63.1 Å². The Labute approximate surface area is 430 Å². The molecule has 2 amide bonds. The number of carbonyl (C=O) groups excluding carboxylic acids is 2. The van der Waals surface area contributed by atoms with Crippen molar-refractivity contribution in [3.8, 4) is 0 Å². The number of benzene rings is 2. The smallest absolute Gasteiger partial charge is 0.416 e. The van der Waals surface area contributed by atoms with E-state index in [9.17, 15) is 62.3 Å². The summed E-state index contributed by atoms with van der Waals surface area (Å²) in [6.45, 7) is 12.0. The molecule has 4 atom stereocenters. The second-order valence-electron chi connectivity index (χ2n) is 18.6. The van der Waals surface area contributed by atoms with Gasteiger partial charge in [0.25, 0.3) is 0 Å². The fraction of sp³-hybridized carbons (Fsp3) is 0.532. The minimum atomic E-state index is -4.97. The molecule has 402 valence electrons. The van der Waals surface area contributed by atoms with E-state index in [1.54, 1.807) is 34.6 Å². The maximum Gasteiger partial charge on any atom is 0.416 e. The van der Waals surface area contributed by atoms with Crippen molar-refractivity contribution in [1.29, 1.82) is 0 Å². The predicted octanol–water partition coefficient (Wildman–Crippen LogP) is 13.8. The number of likely N-dealkylation sites (tertiary alicyclic amines) is 2. The fourth-order valence-corrected chi connectivity index (χ4v) is 8.70. The van der Waals surface area contributed by atoms with E-state index in [-0.39, 0.29) is 79.5 Å². The molecule has 2 aromatic heterocycles. The summed E-state index contributed by atoms with van der Waals surface area (Å²) in [5.74, 6) is 0.225. The Morgan fingerprint density at radius 2 is 0.904 bits per heavy atom. The molecule has 0 aliphatic carbocycles. The third-order valence-corrected chi connectivity index (χ3v) is 12.4. The van der Waals surface area contributed by atoms with E-state index >= 15 is 0 Å². The van der Waals surface area contributed by atoms with Crippen LogP contribution in [-0.4, -0.2) is 90.9 Å². The summed E-state index contributed by atoms with van der Waals surface area (Å²) in [5, 5.41) is 0. The number of hydrogen-bond donors (Lipinski definition) is 0. The monoisotopic (exact) mass is 1180 g/mol. The van der Waals surface area contributed by atoms with Crippen LogP contribution in [0.3, 0.4) is 0 Å². The normalized spacial score (nSPS) is 18.7. The summed E-state index contributed by atoms with van der Waals surface area (Å²) in [4.78, 5) is 48.5. The molecule has 2 saturated heterocycles. The number of anilines is 2. The van der Waals surface area contributed by atoms with Crippen molar-refractivity contribution in [3.05, 3.63) is 104 Å². The third kappa shape index (κ3) is 16.2. The number of alkyl halides is 12. The average Bonchev–Trinajstić information content (AvgIpc) is 3.92. The van der Waals surface area contributed by atoms with Crippen molar-refractivity contribution >= 4 is 55.9 Å². The molecule has 0 N–H and O–H groups in total. The molecule has 2 fully saturated rings. The number of nitrogens with zero attached hydrogens (tertiary/aromatic N) is 8. The van der Waals surface area contributed by atoms with Gasteiger partial charge in [-0.05, 0) is 140 Å². The number of carbonyl (C=O) groups is 2. The zero-order valence-electron chi connectivity index (χ0n) is 40.3. The molecule has 4 aromatic rings. The van der Waals surface area contributed by atoms with Crippen LogP contribution < -0.4 is 9.80 Å². The zero-order chi connectivity index (χ0) is 54.6. The summed E-state index contributed by atoms with van der Waals surface area (Å²) in [6.07, 6.45) is -13.6. The molecule has 0 bridgehead atoms. The number of ether oxygens (including phenoxy) is 2. The number of halogens is 14. The molecule has 6 rings (SSSR count). The standard InChI is InChI=1S/C24H27BrF6N4O2.C23H25BrF6N4O2/c1-5-18-9-19(13-35(18)21(36)37-22(2,3)4)34(20-32-10-17(25)11-33-20)12-14-6-15(23(26,27)28)8-16(7-14)24(29,30)31;1-4-18-8-19(12-34(18)21(35)36-13(2)3)33(20-31-9-17(24)10-32-20)11-14-5-15(22(25,26)27)7-16(6-14)23(28,29)30/h6-8,10-11,18-19H,5,9,12-13H2,1-4H3;5-7,9-10,13,18-19H,4,8,11-12H2,1-3H3/t2*18-,19+/m11/s1. The van der Waals surface area contributed by atoms with Crippen molar-refractivity contribution in [3.63, 3.8) is 0 Å². The Bertz CT molecular complexity index is 2440. The summed E-state index contributed by atoms with van der Waals surface area (Å²) in [6, 6.07) is 1.53. The van der Waals surface area contributed by atoms with E-state index in [1.165, 1.54) is 44.4 Å². The van der Waals surface area contributed by atoms with Crippen LogP contribution in [-0.2, 0) is 47.3 Å². The highest BCUT2D eigenvalue weighted by molar-refractivity contribution is 9.10. The van der Waals surface area contributed by atoms with Crippen LogP contribution in [0.2, 0.25) is 0 Å². The first kappa shape index (κ1) is 58.7. The molecule has 0 radical (unpaired) electrons. The van der Waals surface area contributed by atoms with E-state index in [0.29, 0.717) is 58.9 Å². The van der Waals surface area contributed by atoms with Gasteiger partial charge in [-0.15, -0.1) is 0 Å². The lowest BCUT2D eigenvalue weighted by atomic mass is 10.0. The molecule has 2 aliphatic heterocycles. The zero-order valence-corrected chi connectivity index (χ0v) is 43.5. The minimum Gasteiger partial charge on any atom is -0.447 e. The maximum atomic E-state index is 13.4. The summed E-state index contributed by atoms with van der Waals surface area (Å²) in [7, 11) is 0. The van der Waals surface area contributed by atoms with Gasteiger partial charge in [0.2, 0.25) is 11.9 Å². The lowest BCUT2D eigenvalue weighted by Crippen LogP contribution is -2.42. The van der Waals surface area contributed by atoms with Gasteiger partial charge in [0.1, 0.15) is 5.60 Å². The van der Waals surface area contributed by atoms with Gasteiger partial charge in [-0.2, -0.15) is 52.7 Å². The van der Waals surface area contributed by atoms with E-state index < -0.39 is 76.8 Å². The molecular formula is C47H52Br2F12N8O4. The van der Waals surface area contributed by atoms with Crippen LogP contribution in [0.25, 0.3) is 0 Å². The van der Waals surface area contributed by atoms with E-state index in [1.807, 2.05) is 13.8 Å². The number of rotatable bonds is 11. The molecule has 0 spiro atoms. The summed E-state index contributed by atoms with van der Waals surface area (Å²) in [5.41, 5.74) is -6.76. The maximum absolute atomic E-state index is 13.4. The Morgan fingerprint density at radius 3 is 1.18 bits per heavy atom. The molecule has 0 unspecified atom stereocenters. The van der Waals surface area contributed by atoms with Crippen molar-refractivity contribution < 1.29 is 71.7 Å². The SMILES string of the molecule is CC[C@@H]1C[C@H](N(Cc2cc(C(F)(F)F)cc(C(F)(F)F)c2)c2ncc(Br)cn2)CN1C(=O)OC(C)(C)C.CC[C@@H]1C[C@H](N(Cc2cc(C(F)(F)F)cc(C(F)(F)F)c2)c2ncc(Br)cn2)CN1C(=O)OC(C)C. The van der Waals surface area contributed by atoms with Gasteiger partial charge in [-0.25, -0.2) is 29.5 Å². The van der Waals surface area contributed by atoms with Gasteiger partial charge < -0.3 is 29.1 Å². The minimum absolute atomic E-state index is 0.0936. The average molecular weight is 1180 g/mol. The van der Waals surface area contributed by atoms with Crippen LogP contribution >= 0.6 is 31.9 Å². The quantitative estimate of drug-likeness (QED) is 0.134. The first-order valence-electron chi connectivity index (χ1n) is 22.7. The van der Waals surface area contributed by atoms with Gasteiger partial charge in [-0.1, -0.05) is 13.8 Å². The number of aromatic nitrogens is 4. The van der Waals surface area contributed by atoms with Crippen LogP contribution in [0.1, 0.15) is 108 Å². The van der Waals surface area contributed by atoms with Crippen molar-refractivity contribution in [1.82, 2.24) is 29.7 Å². The van der Waals surface area contributed by atoms with E-state index in [2.05, 4.69) is 51.8 Å². The van der Waals surface area contributed by atoms with E-state index in [0.717, 1.165) is 0 Å². The van der Waals surface area contributed by atoms with Gasteiger partial charge in [-0.3, -0.25) is 0 Å². The third-order valence-electron chi connectivity index (χ3n) is 11.5. The molecular weight excluding hydrogens is 1130 g/mol. The van der Waals surface area contributed by atoms with Gasteiger partial charge in [0.15, 0.2) is 0 Å². The number of hydrogen-bond acceptors (Lipinski definition) is 10. The molecule has 2 aliphatic rings. The molecule has 26 heteroatoms. The van der Waals surface area contributed by atoms with Crippen LogP contribution in [0.15, 0.2) is 70.1 Å². The molecule has 0 saturated carbocycles. The first-order valence-corrected chi connectivity index (χ1v) is 24.3. The molecule has 12 nitrogen and oxygen atoms in total.